The summed E-state index contributed by atoms with van der Waals surface area (Å²) >= 11 is 0. The number of nitrogens with one attached hydrogen (secondary N) is 1. The average molecular weight is 338 g/mol. The summed E-state index contributed by atoms with van der Waals surface area (Å²) in [6, 6.07) is 20.6. The van der Waals surface area contributed by atoms with Gasteiger partial charge in [-0.15, -0.1) is 0 Å². The fourth-order valence-electron chi connectivity index (χ4n) is 2.89. The van der Waals surface area contributed by atoms with Crippen LogP contribution in [0.25, 0.3) is 11.3 Å². The molecule has 3 aromatic rings. The van der Waals surface area contributed by atoms with Crippen molar-refractivity contribution in [2.24, 2.45) is 4.99 Å². The second-order valence-electron chi connectivity index (χ2n) is 5.92. The van der Waals surface area contributed by atoms with Gasteiger partial charge in [-0.2, -0.15) is 5.26 Å². The van der Waals surface area contributed by atoms with Gasteiger partial charge in [0.1, 0.15) is 0 Å². The third-order valence-corrected chi connectivity index (χ3v) is 4.14. The Labute approximate surface area is 150 Å². The van der Waals surface area contributed by atoms with E-state index in [9.17, 15) is 4.79 Å². The Bertz CT molecular complexity index is 1060. The van der Waals surface area contributed by atoms with Crippen LogP contribution in [-0.4, -0.2) is 16.6 Å². The molecule has 0 radical (unpaired) electrons. The van der Waals surface area contributed by atoms with Crippen LogP contribution in [0.2, 0.25) is 0 Å². The molecule has 5 nitrogen and oxygen atoms in total. The molecule has 0 unspecified atom stereocenters. The van der Waals surface area contributed by atoms with E-state index in [-0.39, 0.29) is 12.3 Å². The van der Waals surface area contributed by atoms with E-state index in [1.165, 1.54) is 0 Å². The average Bonchev–Trinajstić information content (AvgIpc) is 2.86. The van der Waals surface area contributed by atoms with E-state index in [1.807, 2.05) is 42.5 Å². The number of amides is 1. The van der Waals surface area contributed by atoms with Crippen molar-refractivity contribution >= 4 is 23.0 Å². The lowest BCUT2D eigenvalue weighted by Gasteiger charge is -2.07. The molecule has 0 saturated carbocycles. The van der Waals surface area contributed by atoms with Gasteiger partial charge in [-0.05, 0) is 42.0 Å². The maximum Gasteiger partial charge on any atom is 0.230 e. The lowest BCUT2D eigenvalue weighted by molar-refractivity contribution is -0.115. The third-order valence-electron chi connectivity index (χ3n) is 4.14. The highest BCUT2D eigenvalue weighted by Gasteiger charge is 2.18. The van der Waals surface area contributed by atoms with Crippen molar-refractivity contribution in [3.63, 3.8) is 0 Å². The molecule has 26 heavy (non-hydrogen) atoms. The molecule has 1 amide bonds. The van der Waals surface area contributed by atoms with Crippen molar-refractivity contribution in [2.75, 3.05) is 5.32 Å². The molecule has 1 aliphatic heterocycles. The fourth-order valence-corrected chi connectivity index (χ4v) is 2.89. The predicted molar refractivity (Wildman–Crippen MR) is 100 cm³/mol. The van der Waals surface area contributed by atoms with Gasteiger partial charge in [0.15, 0.2) is 0 Å². The third kappa shape index (κ3) is 3.08. The Morgan fingerprint density at radius 1 is 1.00 bits per heavy atom. The fraction of sp³-hybridized carbons (Fsp3) is 0.0476. The first-order chi connectivity index (χ1) is 12.7. The zero-order chi connectivity index (χ0) is 17.9. The number of aromatic nitrogens is 1. The molecule has 2 aromatic carbocycles. The molecule has 0 saturated heterocycles. The molecule has 5 heteroatoms. The normalized spacial score (nSPS) is 13.0. The molecule has 1 aromatic heterocycles. The van der Waals surface area contributed by atoms with Gasteiger partial charge in [-0.1, -0.05) is 24.3 Å². The highest BCUT2D eigenvalue weighted by atomic mass is 16.1. The molecule has 2 heterocycles. The molecular weight excluding hydrogens is 324 g/mol. The summed E-state index contributed by atoms with van der Waals surface area (Å²) in [5, 5.41) is 12.0. The number of aliphatic imine (C=N–C) groups is 1. The lowest BCUT2D eigenvalue weighted by Crippen LogP contribution is -2.15. The second-order valence-corrected chi connectivity index (χ2v) is 5.92. The van der Waals surface area contributed by atoms with Crippen molar-refractivity contribution < 1.29 is 4.79 Å². The Balaban J connectivity index is 1.78. The number of carbonyl (C=O) groups excluding carboxylic acids is 1. The molecule has 4 rings (SSSR count). The van der Waals surface area contributed by atoms with Gasteiger partial charge in [0.25, 0.3) is 0 Å². The number of anilines is 1. The van der Waals surface area contributed by atoms with Crippen LogP contribution in [0.15, 0.2) is 71.9 Å². The van der Waals surface area contributed by atoms with Crippen molar-refractivity contribution in [1.82, 2.24) is 4.98 Å². The zero-order valence-corrected chi connectivity index (χ0v) is 13.8. The van der Waals surface area contributed by atoms with Gasteiger partial charge >= 0.3 is 0 Å². The number of hydrogen-bond donors (Lipinski definition) is 1. The Kier molecular flexibility index (Phi) is 4.00. The van der Waals surface area contributed by atoms with Crippen LogP contribution in [0.3, 0.4) is 0 Å². The summed E-state index contributed by atoms with van der Waals surface area (Å²) in [5.41, 5.74) is 5.05. The summed E-state index contributed by atoms with van der Waals surface area (Å²) < 4.78 is 0. The summed E-state index contributed by atoms with van der Waals surface area (Å²) in [6.45, 7) is 0. The Morgan fingerprint density at radius 3 is 2.73 bits per heavy atom. The number of fused-ring (bicyclic) bond motifs is 1. The minimum atomic E-state index is -0.136. The van der Waals surface area contributed by atoms with E-state index < -0.39 is 0 Å². The second kappa shape index (κ2) is 6.61. The number of benzene rings is 2. The largest absolute Gasteiger partial charge is 0.324 e. The number of nitrogens with zero attached hydrogens (tertiary/aromatic N) is 3. The number of carbonyl (C=O) groups is 1. The van der Waals surface area contributed by atoms with Gasteiger partial charge < -0.3 is 5.32 Å². The minimum Gasteiger partial charge on any atom is -0.324 e. The van der Waals surface area contributed by atoms with Crippen LogP contribution in [0.4, 0.5) is 11.4 Å². The number of pyridine rings is 1. The zero-order valence-electron chi connectivity index (χ0n) is 13.8. The van der Waals surface area contributed by atoms with Crippen LogP contribution in [0.5, 0.6) is 0 Å². The molecule has 0 bridgehead atoms. The van der Waals surface area contributed by atoms with Gasteiger partial charge in [-0.25, -0.2) is 0 Å². The highest BCUT2D eigenvalue weighted by molar-refractivity contribution is 6.17. The summed E-state index contributed by atoms with van der Waals surface area (Å²) in [5.74, 6) is -0.136. The lowest BCUT2D eigenvalue weighted by atomic mass is 10.0. The van der Waals surface area contributed by atoms with Crippen molar-refractivity contribution in [2.45, 2.75) is 6.42 Å². The maximum atomic E-state index is 12.4. The molecule has 0 aliphatic carbocycles. The molecule has 124 valence electrons. The van der Waals surface area contributed by atoms with Crippen LogP contribution < -0.4 is 5.32 Å². The number of hydrogen-bond acceptors (Lipinski definition) is 4. The van der Waals surface area contributed by atoms with E-state index in [0.29, 0.717) is 22.6 Å². The summed E-state index contributed by atoms with van der Waals surface area (Å²) in [6.07, 6.45) is 1.89. The van der Waals surface area contributed by atoms with E-state index in [4.69, 9.17) is 5.26 Å². The van der Waals surface area contributed by atoms with Gasteiger partial charge in [0.2, 0.25) is 5.91 Å². The molecule has 0 fully saturated rings. The van der Waals surface area contributed by atoms with Crippen LogP contribution >= 0.6 is 0 Å². The van der Waals surface area contributed by atoms with E-state index in [2.05, 4.69) is 21.4 Å². The SMILES string of the molecule is N#Cc1cccc(C2=Nc3ccc(-c4ccccn4)cc3NC(=O)C2)c1. The Hall–Kier alpha value is -3.78. The standard InChI is InChI=1S/C21H14N4O/c22-13-14-4-3-5-15(10-14)19-12-21(26)25-20-11-16(7-8-18(20)24-19)17-6-1-2-9-23-17/h1-11H,12H2,(H,25,26). The van der Waals surface area contributed by atoms with Crippen molar-refractivity contribution in [1.29, 1.82) is 5.26 Å². The summed E-state index contributed by atoms with van der Waals surface area (Å²) in [4.78, 5) is 21.4. The quantitative estimate of drug-likeness (QED) is 0.764. The predicted octanol–water partition coefficient (Wildman–Crippen LogP) is 4.08. The first-order valence-corrected chi connectivity index (χ1v) is 8.16. The highest BCUT2D eigenvalue weighted by Crippen LogP contribution is 2.33. The molecular formula is C21H14N4O. The summed E-state index contributed by atoms with van der Waals surface area (Å²) in [7, 11) is 0. The molecule has 1 N–H and O–H groups in total. The number of rotatable bonds is 2. The molecule has 1 aliphatic rings. The number of nitriles is 1. The van der Waals surface area contributed by atoms with Crippen molar-refractivity contribution in [3.05, 3.63) is 78.0 Å². The van der Waals surface area contributed by atoms with Crippen LogP contribution in [0.1, 0.15) is 17.5 Å². The smallest absolute Gasteiger partial charge is 0.230 e. The van der Waals surface area contributed by atoms with Gasteiger partial charge in [0, 0.05) is 11.8 Å². The topological polar surface area (TPSA) is 78.1 Å². The molecule has 0 spiro atoms. The van der Waals surface area contributed by atoms with E-state index >= 15 is 0 Å². The van der Waals surface area contributed by atoms with Crippen LogP contribution in [0, 0.1) is 11.3 Å². The van der Waals surface area contributed by atoms with Gasteiger partial charge in [0.05, 0.1) is 40.8 Å². The first-order valence-electron chi connectivity index (χ1n) is 8.16. The monoisotopic (exact) mass is 338 g/mol. The van der Waals surface area contributed by atoms with E-state index in [1.54, 1.807) is 24.4 Å². The molecule has 0 atom stereocenters. The first kappa shape index (κ1) is 15.7. The van der Waals surface area contributed by atoms with Gasteiger partial charge in [-0.3, -0.25) is 14.8 Å². The minimum absolute atomic E-state index is 0.136. The Morgan fingerprint density at radius 2 is 1.92 bits per heavy atom. The van der Waals surface area contributed by atoms with Crippen LogP contribution in [-0.2, 0) is 4.79 Å². The van der Waals surface area contributed by atoms with E-state index in [0.717, 1.165) is 16.8 Å². The van der Waals surface area contributed by atoms with Crippen molar-refractivity contribution in [3.8, 4) is 17.3 Å². The maximum absolute atomic E-state index is 12.4.